The average Bonchev–Trinajstić information content (AvgIpc) is 2.87. The lowest BCUT2D eigenvalue weighted by Gasteiger charge is -2.13. The van der Waals surface area contributed by atoms with Crippen molar-refractivity contribution in [3.05, 3.63) is 51.2 Å². The highest BCUT2D eigenvalue weighted by atomic mass is 79.9. The van der Waals surface area contributed by atoms with E-state index in [4.69, 9.17) is 11.6 Å². The summed E-state index contributed by atoms with van der Waals surface area (Å²) in [5, 5.41) is 4.84. The summed E-state index contributed by atoms with van der Waals surface area (Å²) in [7, 11) is 0. The molecule has 2 aromatic heterocycles. The lowest BCUT2D eigenvalue weighted by atomic mass is 10.3. The topological polar surface area (TPSA) is 37.8 Å². The smallest absolute Gasteiger partial charge is 0.152 e. The van der Waals surface area contributed by atoms with Gasteiger partial charge in [-0.15, -0.1) is 11.3 Å². The molecule has 0 fully saturated rings. The van der Waals surface area contributed by atoms with Gasteiger partial charge >= 0.3 is 0 Å². The van der Waals surface area contributed by atoms with Crippen molar-refractivity contribution in [2.75, 3.05) is 5.32 Å². The second-order valence-electron chi connectivity index (χ2n) is 4.38. The zero-order valence-electron chi connectivity index (χ0n) is 10.6. The maximum atomic E-state index is 6.10. The van der Waals surface area contributed by atoms with E-state index in [2.05, 4.69) is 44.2 Å². The van der Waals surface area contributed by atoms with Crippen molar-refractivity contribution >= 4 is 54.8 Å². The Bertz CT molecular complexity index is 726. The van der Waals surface area contributed by atoms with Crippen molar-refractivity contribution in [1.29, 1.82) is 0 Å². The minimum absolute atomic E-state index is 0.0704. The first-order valence-electron chi connectivity index (χ1n) is 6.06. The lowest BCUT2D eigenvalue weighted by molar-refractivity contribution is 0.872. The Labute approximate surface area is 134 Å². The first-order valence-corrected chi connectivity index (χ1v) is 8.05. The maximum Gasteiger partial charge on any atom is 0.152 e. The van der Waals surface area contributed by atoms with Gasteiger partial charge in [-0.2, -0.15) is 0 Å². The highest BCUT2D eigenvalue weighted by Gasteiger charge is 2.13. The van der Waals surface area contributed by atoms with Crippen molar-refractivity contribution < 1.29 is 0 Å². The minimum atomic E-state index is 0.0704. The number of aromatic nitrogens is 2. The molecule has 2 heterocycles. The van der Waals surface area contributed by atoms with E-state index in [1.54, 1.807) is 17.5 Å². The Kier molecular flexibility index (Phi) is 3.92. The normalized spacial score (nSPS) is 12.6. The van der Waals surface area contributed by atoms with Crippen LogP contribution in [-0.2, 0) is 0 Å². The molecule has 1 aromatic carbocycles. The second kappa shape index (κ2) is 5.68. The van der Waals surface area contributed by atoms with Crippen molar-refractivity contribution in [1.82, 2.24) is 9.97 Å². The zero-order valence-corrected chi connectivity index (χ0v) is 13.8. The van der Waals surface area contributed by atoms with E-state index < -0.39 is 0 Å². The van der Waals surface area contributed by atoms with E-state index >= 15 is 0 Å². The van der Waals surface area contributed by atoms with Crippen molar-refractivity contribution in [3.8, 4) is 0 Å². The number of nitrogens with one attached hydrogen (secondary N) is 1. The van der Waals surface area contributed by atoms with E-state index in [0.29, 0.717) is 5.15 Å². The number of halogens is 2. The molecule has 1 N–H and O–H groups in total. The third-order valence-corrected chi connectivity index (χ3v) is 4.81. The van der Waals surface area contributed by atoms with Crippen molar-refractivity contribution in [3.63, 3.8) is 0 Å². The van der Waals surface area contributed by atoms with Gasteiger partial charge in [0.15, 0.2) is 5.15 Å². The van der Waals surface area contributed by atoms with Gasteiger partial charge < -0.3 is 5.32 Å². The molecule has 0 aliphatic carbocycles. The highest BCUT2D eigenvalue weighted by Crippen LogP contribution is 2.31. The number of pyridine rings is 1. The molecule has 3 rings (SSSR count). The Morgan fingerprint density at radius 2 is 2.15 bits per heavy atom. The minimum Gasteiger partial charge on any atom is -0.374 e. The van der Waals surface area contributed by atoms with E-state index in [1.165, 1.54) is 4.70 Å². The molecular weight excluding hydrogens is 358 g/mol. The Morgan fingerprint density at radius 3 is 2.95 bits per heavy atom. The van der Waals surface area contributed by atoms with Crippen LogP contribution in [0.2, 0.25) is 5.15 Å². The summed E-state index contributed by atoms with van der Waals surface area (Å²) in [6.45, 7) is 2.06. The van der Waals surface area contributed by atoms with Gasteiger partial charge in [-0.25, -0.2) is 9.97 Å². The summed E-state index contributed by atoms with van der Waals surface area (Å²) in [6, 6.07) is 10.1. The zero-order chi connectivity index (χ0) is 14.1. The van der Waals surface area contributed by atoms with E-state index in [-0.39, 0.29) is 6.04 Å². The number of fused-ring (bicyclic) bond motifs is 1. The monoisotopic (exact) mass is 367 g/mol. The van der Waals surface area contributed by atoms with E-state index in [1.807, 2.05) is 24.3 Å². The Hall–Kier alpha value is -1.17. The van der Waals surface area contributed by atoms with Crippen LogP contribution >= 0.6 is 38.9 Å². The summed E-state index contributed by atoms with van der Waals surface area (Å²) in [4.78, 5) is 8.75. The standard InChI is InChI=1S/C14H11BrClN3S/c1-8(18-11-6-9(15)7-17-13(11)16)14-19-10-4-2-3-5-12(10)20-14/h2-8,18H,1H3. The quantitative estimate of drug-likeness (QED) is 0.639. The maximum absolute atomic E-state index is 6.10. The summed E-state index contributed by atoms with van der Waals surface area (Å²) in [5.41, 5.74) is 1.83. The molecule has 1 atom stereocenters. The van der Waals surface area contributed by atoms with Crippen molar-refractivity contribution in [2.45, 2.75) is 13.0 Å². The van der Waals surface area contributed by atoms with Gasteiger partial charge in [0, 0.05) is 10.7 Å². The van der Waals surface area contributed by atoms with Gasteiger partial charge in [0.05, 0.1) is 21.9 Å². The molecule has 0 aliphatic heterocycles. The first-order chi connectivity index (χ1) is 9.63. The second-order valence-corrected chi connectivity index (χ2v) is 6.71. The molecule has 6 heteroatoms. The van der Waals surface area contributed by atoms with Crippen LogP contribution in [0.15, 0.2) is 41.0 Å². The molecule has 0 aliphatic rings. The molecule has 20 heavy (non-hydrogen) atoms. The number of anilines is 1. The van der Waals surface area contributed by atoms with Crippen molar-refractivity contribution in [2.24, 2.45) is 0 Å². The van der Waals surface area contributed by atoms with Gasteiger partial charge in [-0.1, -0.05) is 23.7 Å². The van der Waals surface area contributed by atoms with E-state index in [9.17, 15) is 0 Å². The SMILES string of the molecule is CC(Nc1cc(Br)cnc1Cl)c1nc2ccccc2s1. The molecule has 3 aromatic rings. The average molecular weight is 369 g/mol. The van der Waals surface area contributed by atoms with E-state index in [0.717, 1.165) is 20.7 Å². The predicted molar refractivity (Wildman–Crippen MR) is 88.6 cm³/mol. The summed E-state index contributed by atoms with van der Waals surface area (Å²) in [5.74, 6) is 0. The number of thiazole rings is 1. The third-order valence-electron chi connectivity index (χ3n) is 2.86. The Morgan fingerprint density at radius 1 is 1.35 bits per heavy atom. The largest absolute Gasteiger partial charge is 0.374 e. The summed E-state index contributed by atoms with van der Waals surface area (Å²) >= 11 is 11.2. The fourth-order valence-corrected chi connectivity index (χ4v) is 3.35. The number of nitrogens with zero attached hydrogens (tertiary/aromatic N) is 2. The molecular formula is C14H11BrClN3S. The van der Waals surface area contributed by atoms with Gasteiger partial charge in [0.25, 0.3) is 0 Å². The number of rotatable bonds is 3. The number of hydrogen-bond donors (Lipinski definition) is 1. The number of para-hydroxylation sites is 1. The fraction of sp³-hybridized carbons (Fsp3) is 0.143. The van der Waals surface area contributed by atoms with Gasteiger partial charge in [-0.05, 0) is 41.1 Å². The van der Waals surface area contributed by atoms with Gasteiger partial charge in [-0.3, -0.25) is 0 Å². The molecule has 1 unspecified atom stereocenters. The summed E-state index contributed by atoms with van der Waals surface area (Å²) in [6.07, 6.45) is 1.68. The molecule has 102 valence electrons. The summed E-state index contributed by atoms with van der Waals surface area (Å²) < 4.78 is 2.08. The number of hydrogen-bond acceptors (Lipinski definition) is 4. The molecule has 0 bridgehead atoms. The van der Waals surface area contributed by atoms with Crippen LogP contribution in [0.3, 0.4) is 0 Å². The molecule has 0 radical (unpaired) electrons. The fourth-order valence-electron chi connectivity index (χ4n) is 1.89. The first kappa shape index (κ1) is 13.8. The van der Waals surface area contributed by atoms with Crippen LogP contribution in [0.4, 0.5) is 5.69 Å². The molecule has 0 saturated carbocycles. The number of benzene rings is 1. The van der Waals surface area contributed by atoms with Crippen LogP contribution in [0.5, 0.6) is 0 Å². The van der Waals surface area contributed by atoms with Gasteiger partial charge in [0.2, 0.25) is 0 Å². The molecule has 0 saturated heterocycles. The van der Waals surface area contributed by atoms with Crippen LogP contribution in [0.1, 0.15) is 18.0 Å². The molecule has 0 amide bonds. The predicted octanol–water partition coefficient (Wildman–Crippen LogP) is 5.28. The van der Waals surface area contributed by atoms with Gasteiger partial charge in [0.1, 0.15) is 5.01 Å². The highest BCUT2D eigenvalue weighted by molar-refractivity contribution is 9.10. The van der Waals surface area contributed by atoms with Crippen LogP contribution in [0.25, 0.3) is 10.2 Å². The van der Waals surface area contributed by atoms with Crippen LogP contribution in [-0.4, -0.2) is 9.97 Å². The van der Waals surface area contributed by atoms with Crippen LogP contribution in [0, 0.1) is 0 Å². The van der Waals surface area contributed by atoms with Crippen LogP contribution < -0.4 is 5.32 Å². The Balaban J connectivity index is 1.88. The third kappa shape index (κ3) is 2.80. The molecule has 0 spiro atoms. The lowest BCUT2D eigenvalue weighted by Crippen LogP contribution is -2.07. The molecule has 3 nitrogen and oxygen atoms in total.